The molecule has 3 aliphatic rings. The minimum absolute atomic E-state index is 0.0955. The molecule has 4 N–H and O–H groups in total. The first-order valence-corrected chi connectivity index (χ1v) is 12.3. The highest BCUT2D eigenvalue weighted by Gasteiger charge is 2.43. The number of benzene rings is 1. The number of H-pyrrole nitrogens is 1. The molecule has 0 spiro atoms. The Kier molecular flexibility index (Phi) is 5.80. The van der Waals surface area contributed by atoms with Crippen molar-refractivity contribution in [2.45, 2.75) is 64.0 Å². The summed E-state index contributed by atoms with van der Waals surface area (Å²) in [5.74, 6) is 1.50. The highest BCUT2D eigenvalue weighted by molar-refractivity contribution is 6.36. The van der Waals surface area contributed by atoms with Gasteiger partial charge in [0.2, 0.25) is 0 Å². The van der Waals surface area contributed by atoms with Crippen molar-refractivity contribution in [3.8, 4) is 12.3 Å². The number of carbonyl (C=O) groups excluding carboxylic acids is 2. The zero-order chi connectivity index (χ0) is 24.9. The topological polar surface area (TPSA) is 91.2 Å². The van der Waals surface area contributed by atoms with Gasteiger partial charge in [-0.25, -0.2) is 4.39 Å². The molecular weight excluding hydrogens is 443 g/mol. The molecule has 2 aliphatic carbocycles. The van der Waals surface area contributed by atoms with Gasteiger partial charge < -0.3 is 20.9 Å². The van der Waals surface area contributed by atoms with Gasteiger partial charge in [-0.05, 0) is 88.1 Å². The van der Waals surface area contributed by atoms with Crippen molar-refractivity contribution in [1.29, 1.82) is 0 Å². The zero-order valence-corrected chi connectivity index (χ0v) is 20.2. The third-order valence-corrected chi connectivity index (χ3v) is 7.58. The number of hydrogen-bond donors (Lipinski definition) is 3. The Morgan fingerprint density at radius 1 is 1.29 bits per heavy atom. The summed E-state index contributed by atoms with van der Waals surface area (Å²) in [4.78, 5) is 31.6. The van der Waals surface area contributed by atoms with Crippen LogP contribution in [0.25, 0.3) is 11.6 Å². The van der Waals surface area contributed by atoms with Crippen LogP contribution in [-0.4, -0.2) is 34.9 Å². The lowest BCUT2D eigenvalue weighted by Crippen LogP contribution is -2.37. The molecular formula is C28H31FN4O2. The smallest absolute Gasteiger partial charge is 0.259 e. The van der Waals surface area contributed by atoms with Crippen LogP contribution in [-0.2, 0) is 4.79 Å². The number of aryl methyl sites for hydroxylation is 2. The third-order valence-electron chi connectivity index (χ3n) is 7.58. The summed E-state index contributed by atoms with van der Waals surface area (Å²) in [6, 6.07) is 5.03. The Bertz CT molecular complexity index is 1270. The van der Waals surface area contributed by atoms with E-state index in [4.69, 9.17) is 12.2 Å². The first-order valence-electron chi connectivity index (χ1n) is 12.3. The van der Waals surface area contributed by atoms with E-state index in [1.54, 1.807) is 11.0 Å². The van der Waals surface area contributed by atoms with Crippen molar-refractivity contribution >= 4 is 29.2 Å². The van der Waals surface area contributed by atoms with Crippen molar-refractivity contribution in [3.63, 3.8) is 0 Å². The molecule has 2 aromatic rings. The zero-order valence-electron chi connectivity index (χ0n) is 20.2. The second-order valence-corrected chi connectivity index (χ2v) is 10.3. The van der Waals surface area contributed by atoms with Gasteiger partial charge in [0.15, 0.2) is 0 Å². The SMILES string of the molecule is C#CC1(NC(=O)c2cc3c(cc2F)/C(=C/c2[nH]c(C)cc2C)C(=O)N3CC2CCC(N)CC2)CC1. The fraction of sp³-hybridized carbons (Fsp3) is 0.429. The second kappa shape index (κ2) is 8.69. The van der Waals surface area contributed by atoms with Gasteiger partial charge in [0.05, 0.1) is 16.8 Å². The number of halogens is 1. The molecule has 2 fully saturated rings. The maximum absolute atomic E-state index is 15.3. The lowest BCUT2D eigenvalue weighted by molar-refractivity contribution is -0.113. The monoisotopic (exact) mass is 474 g/mol. The molecule has 2 amide bonds. The lowest BCUT2D eigenvalue weighted by atomic mass is 9.86. The van der Waals surface area contributed by atoms with Crippen LogP contribution in [0.1, 0.15) is 71.4 Å². The van der Waals surface area contributed by atoms with Crippen LogP contribution < -0.4 is 16.0 Å². The maximum Gasteiger partial charge on any atom is 0.259 e. The van der Waals surface area contributed by atoms with Gasteiger partial charge in [0.1, 0.15) is 11.4 Å². The van der Waals surface area contributed by atoms with Crippen LogP contribution in [0.2, 0.25) is 0 Å². The Morgan fingerprint density at radius 3 is 2.60 bits per heavy atom. The molecule has 0 saturated heterocycles. The van der Waals surface area contributed by atoms with E-state index in [0.717, 1.165) is 42.6 Å². The molecule has 1 aliphatic heterocycles. The Hall–Kier alpha value is -3.37. The molecule has 0 atom stereocenters. The van der Waals surface area contributed by atoms with E-state index >= 15 is 4.39 Å². The molecule has 0 unspecified atom stereocenters. The van der Waals surface area contributed by atoms with Gasteiger partial charge in [0.25, 0.3) is 11.8 Å². The molecule has 2 heterocycles. The number of fused-ring (bicyclic) bond motifs is 1. The Morgan fingerprint density at radius 2 is 2.00 bits per heavy atom. The Labute approximate surface area is 205 Å². The summed E-state index contributed by atoms with van der Waals surface area (Å²) in [6.07, 6.45) is 12.4. The van der Waals surface area contributed by atoms with Crippen LogP contribution in [0.4, 0.5) is 10.1 Å². The van der Waals surface area contributed by atoms with Gasteiger partial charge >= 0.3 is 0 Å². The fourth-order valence-corrected chi connectivity index (χ4v) is 5.25. The van der Waals surface area contributed by atoms with Crippen LogP contribution in [0.5, 0.6) is 0 Å². The summed E-state index contributed by atoms with van der Waals surface area (Å²) < 4.78 is 15.3. The van der Waals surface area contributed by atoms with Crippen molar-refractivity contribution in [1.82, 2.24) is 10.3 Å². The van der Waals surface area contributed by atoms with Crippen LogP contribution in [0, 0.1) is 37.9 Å². The van der Waals surface area contributed by atoms with E-state index in [9.17, 15) is 9.59 Å². The van der Waals surface area contributed by atoms with Crippen LogP contribution >= 0.6 is 0 Å². The van der Waals surface area contributed by atoms with Gasteiger partial charge in [-0.15, -0.1) is 6.42 Å². The third kappa shape index (κ3) is 4.39. The predicted molar refractivity (Wildman–Crippen MR) is 135 cm³/mol. The first-order chi connectivity index (χ1) is 16.7. The molecule has 7 heteroatoms. The average molecular weight is 475 g/mol. The molecule has 0 radical (unpaired) electrons. The van der Waals surface area contributed by atoms with Crippen molar-refractivity contribution in [2.24, 2.45) is 11.7 Å². The molecule has 1 aromatic carbocycles. The quantitative estimate of drug-likeness (QED) is 0.451. The molecule has 5 rings (SSSR count). The molecule has 6 nitrogen and oxygen atoms in total. The largest absolute Gasteiger partial charge is 0.359 e. The predicted octanol–water partition coefficient (Wildman–Crippen LogP) is 4.07. The number of anilines is 1. The number of terminal acetylenes is 1. The highest BCUT2D eigenvalue weighted by Crippen LogP contribution is 2.42. The Balaban J connectivity index is 1.54. The van der Waals surface area contributed by atoms with Gasteiger partial charge in [-0.3, -0.25) is 9.59 Å². The minimum Gasteiger partial charge on any atom is -0.359 e. The highest BCUT2D eigenvalue weighted by atomic mass is 19.1. The molecule has 0 bridgehead atoms. The number of nitrogens with one attached hydrogen (secondary N) is 2. The average Bonchev–Trinajstić information content (AvgIpc) is 3.46. The normalized spacial score (nSPS) is 23.8. The number of aromatic nitrogens is 1. The summed E-state index contributed by atoms with van der Waals surface area (Å²) in [5, 5.41) is 2.79. The molecule has 35 heavy (non-hydrogen) atoms. The number of rotatable bonds is 5. The van der Waals surface area contributed by atoms with E-state index in [1.165, 1.54) is 12.1 Å². The number of carbonyl (C=O) groups is 2. The number of hydrogen-bond acceptors (Lipinski definition) is 3. The minimum atomic E-state index is -0.688. The van der Waals surface area contributed by atoms with E-state index in [2.05, 4.69) is 16.2 Å². The molecule has 182 valence electrons. The summed E-state index contributed by atoms with van der Waals surface area (Å²) in [5.41, 5.74) is 9.58. The fourth-order valence-electron chi connectivity index (χ4n) is 5.25. The van der Waals surface area contributed by atoms with E-state index in [0.29, 0.717) is 42.1 Å². The molecule has 2 saturated carbocycles. The number of nitrogens with zero attached hydrogens (tertiary/aromatic N) is 1. The van der Waals surface area contributed by atoms with Crippen molar-refractivity contribution in [2.75, 3.05) is 11.4 Å². The van der Waals surface area contributed by atoms with E-state index in [1.807, 2.05) is 19.9 Å². The van der Waals surface area contributed by atoms with Crippen LogP contribution in [0.3, 0.4) is 0 Å². The first kappa shape index (κ1) is 23.4. The van der Waals surface area contributed by atoms with Crippen LogP contribution in [0.15, 0.2) is 18.2 Å². The standard InChI is InChI=1S/C28H31FN4O2/c1-4-28(9-10-28)32-26(34)22-14-25-20(12-23(22)29)21(13-24-16(2)11-17(3)31-24)27(35)33(25)15-18-5-7-19(30)8-6-18/h1,11-14,18-19,31H,5-10,15,30H2,2-3H3,(H,32,34)/b21-13-. The van der Waals surface area contributed by atoms with Gasteiger partial charge in [-0.2, -0.15) is 0 Å². The second-order valence-electron chi connectivity index (χ2n) is 10.3. The number of amides is 2. The number of nitrogens with two attached hydrogens (primary N) is 1. The molecule has 1 aromatic heterocycles. The van der Waals surface area contributed by atoms with E-state index in [-0.39, 0.29) is 17.5 Å². The summed E-state index contributed by atoms with van der Waals surface area (Å²) >= 11 is 0. The van der Waals surface area contributed by atoms with Gasteiger partial charge in [0, 0.05) is 29.5 Å². The lowest BCUT2D eigenvalue weighted by Gasteiger charge is -2.30. The van der Waals surface area contributed by atoms with Crippen molar-refractivity contribution in [3.05, 3.63) is 52.1 Å². The van der Waals surface area contributed by atoms with Gasteiger partial charge in [-0.1, -0.05) is 5.92 Å². The van der Waals surface area contributed by atoms with E-state index < -0.39 is 17.3 Å². The summed E-state index contributed by atoms with van der Waals surface area (Å²) in [6.45, 7) is 4.43. The number of aromatic amines is 1. The summed E-state index contributed by atoms with van der Waals surface area (Å²) in [7, 11) is 0. The maximum atomic E-state index is 15.3. The van der Waals surface area contributed by atoms with Crippen molar-refractivity contribution < 1.29 is 14.0 Å².